The molecule has 5 heteroatoms. The summed E-state index contributed by atoms with van der Waals surface area (Å²) in [5.74, 6) is 0.426. The van der Waals surface area contributed by atoms with Gasteiger partial charge in [0, 0.05) is 17.3 Å². The molecular formula is C11H14BrNO2S. The Bertz CT molecular complexity index is 360. The molecule has 0 aromatic heterocycles. The van der Waals surface area contributed by atoms with Gasteiger partial charge < -0.3 is 10.5 Å². The van der Waals surface area contributed by atoms with Gasteiger partial charge in [0.15, 0.2) is 0 Å². The van der Waals surface area contributed by atoms with Gasteiger partial charge in [0.25, 0.3) is 0 Å². The Balaban J connectivity index is 2.73. The van der Waals surface area contributed by atoms with Crippen molar-refractivity contribution in [2.75, 3.05) is 19.5 Å². The van der Waals surface area contributed by atoms with Crippen LogP contribution in [0.3, 0.4) is 0 Å². The second-order valence-corrected chi connectivity index (χ2v) is 5.33. The predicted molar refractivity (Wildman–Crippen MR) is 70.4 cm³/mol. The van der Waals surface area contributed by atoms with E-state index >= 15 is 0 Å². The number of thioether (sulfide) groups is 1. The molecule has 1 aromatic rings. The highest BCUT2D eigenvalue weighted by Gasteiger charge is 2.18. The molecule has 16 heavy (non-hydrogen) atoms. The normalized spacial score (nSPS) is 12.4. The van der Waals surface area contributed by atoms with Gasteiger partial charge in [-0.3, -0.25) is 4.79 Å². The fraction of sp³-hybridized carbons (Fsp3) is 0.364. The first-order valence-electron chi connectivity index (χ1n) is 4.80. The number of nitrogens with two attached hydrogens (primary N) is 1. The molecule has 0 aliphatic heterocycles. The van der Waals surface area contributed by atoms with E-state index in [2.05, 4.69) is 15.9 Å². The maximum absolute atomic E-state index is 11.4. The summed E-state index contributed by atoms with van der Waals surface area (Å²) in [6, 6.07) is 7.63. The lowest BCUT2D eigenvalue weighted by molar-refractivity contribution is -0.117. The van der Waals surface area contributed by atoms with Crippen molar-refractivity contribution < 1.29 is 9.53 Å². The van der Waals surface area contributed by atoms with Crippen LogP contribution in [0.4, 0.5) is 0 Å². The van der Waals surface area contributed by atoms with Gasteiger partial charge in [-0.25, -0.2) is 0 Å². The molecule has 0 radical (unpaired) electrons. The lowest BCUT2D eigenvalue weighted by atomic mass is 10.1. The van der Waals surface area contributed by atoms with Crippen molar-refractivity contribution in [2.24, 2.45) is 5.73 Å². The number of rotatable bonds is 6. The Morgan fingerprint density at radius 1 is 1.62 bits per heavy atom. The lowest BCUT2D eigenvalue weighted by Gasteiger charge is -2.13. The Labute approximate surface area is 108 Å². The average Bonchev–Trinajstić information content (AvgIpc) is 2.24. The minimum Gasteiger partial charge on any atom is -0.384 e. The van der Waals surface area contributed by atoms with Gasteiger partial charge in [0.2, 0.25) is 5.91 Å². The van der Waals surface area contributed by atoms with Crippen molar-refractivity contribution in [1.29, 1.82) is 0 Å². The smallest absolute Gasteiger partial charge is 0.235 e. The third-order valence-electron chi connectivity index (χ3n) is 1.98. The number of carbonyl (C=O) groups is 1. The van der Waals surface area contributed by atoms with E-state index in [1.165, 1.54) is 11.8 Å². The minimum atomic E-state index is -0.320. The van der Waals surface area contributed by atoms with Crippen molar-refractivity contribution in [2.45, 2.75) is 5.25 Å². The van der Waals surface area contributed by atoms with Crippen molar-refractivity contribution >= 4 is 33.6 Å². The van der Waals surface area contributed by atoms with Crippen molar-refractivity contribution in [3.63, 3.8) is 0 Å². The van der Waals surface area contributed by atoms with Crippen molar-refractivity contribution in [3.05, 3.63) is 34.3 Å². The fourth-order valence-corrected chi connectivity index (χ4v) is 2.68. The number of hydrogen-bond acceptors (Lipinski definition) is 3. The number of amides is 1. The van der Waals surface area contributed by atoms with Crippen LogP contribution >= 0.6 is 27.7 Å². The van der Waals surface area contributed by atoms with Crippen LogP contribution in [0.2, 0.25) is 0 Å². The Hall–Kier alpha value is -0.520. The zero-order valence-corrected chi connectivity index (χ0v) is 11.4. The number of benzene rings is 1. The van der Waals surface area contributed by atoms with Gasteiger partial charge in [-0.2, -0.15) is 0 Å². The molecule has 3 nitrogen and oxygen atoms in total. The summed E-state index contributed by atoms with van der Waals surface area (Å²) < 4.78 is 5.90. The third-order valence-corrected chi connectivity index (χ3v) is 3.72. The minimum absolute atomic E-state index is 0.312. The molecule has 1 aromatic carbocycles. The Morgan fingerprint density at radius 3 is 2.94 bits per heavy atom. The van der Waals surface area contributed by atoms with Crippen LogP contribution in [-0.4, -0.2) is 25.4 Å². The molecule has 1 atom stereocenters. The molecule has 0 aliphatic rings. The molecule has 88 valence electrons. The van der Waals surface area contributed by atoms with E-state index in [1.54, 1.807) is 7.11 Å². The first-order chi connectivity index (χ1) is 7.65. The molecule has 0 aliphatic carbocycles. The van der Waals surface area contributed by atoms with Crippen LogP contribution in [0, 0.1) is 0 Å². The third kappa shape index (κ3) is 4.15. The highest BCUT2D eigenvalue weighted by atomic mass is 79.9. The second-order valence-electron chi connectivity index (χ2n) is 3.20. The van der Waals surface area contributed by atoms with E-state index in [-0.39, 0.29) is 11.2 Å². The van der Waals surface area contributed by atoms with E-state index in [1.807, 2.05) is 24.3 Å². The van der Waals surface area contributed by atoms with Gasteiger partial charge in [-0.1, -0.05) is 28.1 Å². The molecule has 2 N–H and O–H groups in total. The molecule has 0 saturated carbocycles. The molecular weight excluding hydrogens is 290 g/mol. The molecule has 0 spiro atoms. The quantitative estimate of drug-likeness (QED) is 0.821. The average molecular weight is 304 g/mol. The van der Waals surface area contributed by atoms with Gasteiger partial charge in [-0.15, -0.1) is 11.8 Å². The monoisotopic (exact) mass is 303 g/mol. The van der Waals surface area contributed by atoms with Crippen LogP contribution in [-0.2, 0) is 9.53 Å². The van der Waals surface area contributed by atoms with Crippen LogP contribution < -0.4 is 5.73 Å². The fourth-order valence-electron chi connectivity index (χ4n) is 1.26. The van der Waals surface area contributed by atoms with Crippen LogP contribution in [0.25, 0.3) is 0 Å². The maximum atomic E-state index is 11.4. The lowest BCUT2D eigenvalue weighted by Crippen LogP contribution is -2.19. The van der Waals surface area contributed by atoms with Gasteiger partial charge in [-0.05, 0) is 17.7 Å². The Kier molecular flexibility index (Phi) is 5.87. The van der Waals surface area contributed by atoms with E-state index in [4.69, 9.17) is 10.5 Å². The maximum Gasteiger partial charge on any atom is 0.235 e. The SMILES string of the molecule is COCCS[C@@H](C(N)=O)c1cccc(Br)c1. The number of methoxy groups -OCH3 is 1. The second kappa shape index (κ2) is 6.93. The molecule has 0 heterocycles. The number of primary amides is 1. The summed E-state index contributed by atoms with van der Waals surface area (Å²) in [7, 11) is 1.64. The predicted octanol–water partition coefficient (Wildman–Crippen LogP) is 2.36. The molecule has 1 rings (SSSR count). The summed E-state index contributed by atoms with van der Waals surface area (Å²) in [6.07, 6.45) is 0. The highest BCUT2D eigenvalue weighted by Crippen LogP contribution is 2.29. The summed E-state index contributed by atoms with van der Waals surface area (Å²) >= 11 is 4.87. The van der Waals surface area contributed by atoms with Gasteiger partial charge in [0.1, 0.15) is 5.25 Å². The van der Waals surface area contributed by atoms with Crippen LogP contribution in [0.5, 0.6) is 0 Å². The summed E-state index contributed by atoms with van der Waals surface area (Å²) in [6.45, 7) is 0.614. The summed E-state index contributed by atoms with van der Waals surface area (Å²) in [5.41, 5.74) is 6.30. The zero-order chi connectivity index (χ0) is 12.0. The highest BCUT2D eigenvalue weighted by molar-refractivity contribution is 9.10. The van der Waals surface area contributed by atoms with Gasteiger partial charge >= 0.3 is 0 Å². The molecule has 0 bridgehead atoms. The zero-order valence-electron chi connectivity index (χ0n) is 8.98. The van der Waals surface area contributed by atoms with E-state index in [9.17, 15) is 4.79 Å². The number of halogens is 1. The van der Waals surface area contributed by atoms with Crippen molar-refractivity contribution in [1.82, 2.24) is 0 Å². The topological polar surface area (TPSA) is 52.3 Å². The molecule has 0 unspecified atom stereocenters. The van der Waals surface area contributed by atoms with Crippen LogP contribution in [0.15, 0.2) is 28.7 Å². The largest absolute Gasteiger partial charge is 0.384 e. The first kappa shape index (κ1) is 13.5. The molecule has 1 amide bonds. The van der Waals surface area contributed by atoms with E-state index in [0.717, 1.165) is 15.8 Å². The number of ether oxygens (including phenoxy) is 1. The van der Waals surface area contributed by atoms with Crippen molar-refractivity contribution in [3.8, 4) is 0 Å². The molecule has 0 fully saturated rings. The summed E-state index contributed by atoms with van der Waals surface area (Å²) in [4.78, 5) is 11.4. The first-order valence-corrected chi connectivity index (χ1v) is 6.64. The van der Waals surface area contributed by atoms with Gasteiger partial charge in [0.05, 0.1) is 6.61 Å². The Morgan fingerprint density at radius 2 is 2.38 bits per heavy atom. The standard InChI is InChI=1S/C11H14BrNO2S/c1-15-5-6-16-10(11(13)14)8-3-2-4-9(12)7-8/h2-4,7,10H,5-6H2,1H3,(H2,13,14)/t10-/m1/s1. The van der Waals surface area contributed by atoms with E-state index < -0.39 is 0 Å². The molecule has 0 saturated heterocycles. The van der Waals surface area contributed by atoms with Crippen LogP contribution in [0.1, 0.15) is 10.8 Å². The number of carbonyl (C=O) groups excluding carboxylic acids is 1. The number of hydrogen-bond donors (Lipinski definition) is 1. The summed E-state index contributed by atoms with van der Waals surface area (Å²) in [5, 5.41) is -0.312. The van der Waals surface area contributed by atoms with E-state index in [0.29, 0.717) is 6.61 Å².